The lowest BCUT2D eigenvalue weighted by Crippen LogP contribution is -2.26. The molecule has 0 unspecified atom stereocenters. The Morgan fingerprint density at radius 3 is 2.67 bits per heavy atom. The molecular formula is C13H23N5. The number of hydrogen-bond donors (Lipinski definition) is 2. The third-order valence-electron chi connectivity index (χ3n) is 3.04. The molecule has 1 aliphatic rings. The van der Waals surface area contributed by atoms with E-state index < -0.39 is 0 Å². The molecule has 0 saturated carbocycles. The van der Waals surface area contributed by atoms with Crippen LogP contribution in [0.3, 0.4) is 0 Å². The van der Waals surface area contributed by atoms with E-state index in [-0.39, 0.29) is 0 Å². The summed E-state index contributed by atoms with van der Waals surface area (Å²) >= 11 is 0. The molecule has 0 atom stereocenters. The molecular weight excluding hydrogens is 226 g/mol. The van der Waals surface area contributed by atoms with E-state index in [1.807, 2.05) is 6.07 Å². The standard InChI is InChI=1S/C13H23N5/c1-11(2)17-13-9-12(15-10-16-13)14-5-8-18-6-3-4-7-18/h9-11H,3-8H2,1-2H3,(H2,14,15,16,17). The molecule has 0 aliphatic carbocycles. The van der Waals surface area contributed by atoms with E-state index in [4.69, 9.17) is 0 Å². The van der Waals surface area contributed by atoms with Crippen LogP contribution in [-0.4, -0.2) is 47.1 Å². The Morgan fingerprint density at radius 1 is 1.22 bits per heavy atom. The van der Waals surface area contributed by atoms with Gasteiger partial charge in [0, 0.05) is 25.2 Å². The van der Waals surface area contributed by atoms with Crippen LogP contribution in [0.25, 0.3) is 0 Å². The molecule has 1 saturated heterocycles. The van der Waals surface area contributed by atoms with Crippen LogP contribution in [0.4, 0.5) is 11.6 Å². The van der Waals surface area contributed by atoms with E-state index in [9.17, 15) is 0 Å². The van der Waals surface area contributed by atoms with Crippen molar-refractivity contribution in [2.24, 2.45) is 0 Å². The minimum Gasteiger partial charge on any atom is -0.369 e. The molecule has 0 radical (unpaired) electrons. The molecule has 100 valence electrons. The molecule has 2 N–H and O–H groups in total. The maximum atomic E-state index is 4.23. The van der Waals surface area contributed by atoms with Crippen molar-refractivity contribution in [1.29, 1.82) is 0 Å². The Hall–Kier alpha value is -1.36. The minimum absolute atomic E-state index is 0.386. The summed E-state index contributed by atoms with van der Waals surface area (Å²) in [6, 6.07) is 2.35. The molecule has 2 heterocycles. The van der Waals surface area contributed by atoms with Gasteiger partial charge in [-0.2, -0.15) is 0 Å². The highest BCUT2D eigenvalue weighted by Gasteiger charge is 2.10. The Morgan fingerprint density at radius 2 is 1.94 bits per heavy atom. The molecule has 0 aromatic carbocycles. The van der Waals surface area contributed by atoms with Crippen molar-refractivity contribution >= 4 is 11.6 Å². The van der Waals surface area contributed by atoms with Gasteiger partial charge in [-0.25, -0.2) is 9.97 Å². The quantitative estimate of drug-likeness (QED) is 0.805. The van der Waals surface area contributed by atoms with Gasteiger partial charge in [-0.15, -0.1) is 0 Å². The number of aromatic nitrogens is 2. The molecule has 0 amide bonds. The number of anilines is 2. The van der Waals surface area contributed by atoms with Gasteiger partial charge < -0.3 is 15.5 Å². The third-order valence-corrected chi connectivity index (χ3v) is 3.04. The summed E-state index contributed by atoms with van der Waals surface area (Å²) in [6.07, 6.45) is 4.29. The van der Waals surface area contributed by atoms with Crippen LogP contribution >= 0.6 is 0 Å². The number of hydrogen-bond acceptors (Lipinski definition) is 5. The normalized spacial score (nSPS) is 16.2. The van der Waals surface area contributed by atoms with Crippen molar-refractivity contribution < 1.29 is 0 Å². The summed E-state index contributed by atoms with van der Waals surface area (Å²) in [4.78, 5) is 10.9. The predicted octanol–water partition coefficient (Wildman–Crippen LogP) is 1.80. The summed E-state index contributed by atoms with van der Waals surface area (Å²) in [7, 11) is 0. The molecule has 0 bridgehead atoms. The number of nitrogens with zero attached hydrogens (tertiary/aromatic N) is 3. The summed E-state index contributed by atoms with van der Waals surface area (Å²) in [6.45, 7) is 8.72. The summed E-state index contributed by atoms with van der Waals surface area (Å²) in [5.41, 5.74) is 0. The van der Waals surface area contributed by atoms with Gasteiger partial charge in [0.15, 0.2) is 0 Å². The zero-order valence-corrected chi connectivity index (χ0v) is 11.3. The summed E-state index contributed by atoms with van der Waals surface area (Å²) in [5, 5.41) is 6.63. The van der Waals surface area contributed by atoms with Crippen molar-refractivity contribution in [2.45, 2.75) is 32.7 Å². The van der Waals surface area contributed by atoms with Crippen LogP contribution in [0, 0.1) is 0 Å². The zero-order valence-electron chi connectivity index (χ0n) is 11.3. The van der Waals surface area contributed by atoms with Crippen LogP contribution in [0.15, 0.2) is 12.4 Å². The predicted molar refractivity (Wildman–Crippen MR) is 75.0 cm³/mol. The topological polar surface area (TPSA) is 53.1 Å². The van der Waals surface area contributed by atoms with E-state index in [0.29, 0.717) is 6.04 Å². The lowest BCUT2D eigenvalue weighted by Gasteiger charge is -2.15. The number of likely N-dealkylation sites (tertiary alicyclic amines) is 1. The number of rotatable bonds is 6. The van der Waals surface area contributed by atoms with E-state index in [1.165, 1.54) is 25.9 Å². The first-order valence-electron chi connectivity index (χ1n) is 6.79. The molecule has 1 aromatic rings. The van der Waals surface area contributed by atoms with E-state index >= 15 is 0 Å². The van der Waals surface area contributed by atoms with Gasteiger partial charge in [-0.1, -0.05) is 0 Å². The van der Waals surface area contributed by atoms with Crippen LogP contribution < -0.4 is 10.6 Å². The Bertz CT molecular complexity index is 360. The van der Waals surface area contributed by atoms with Gasteiger partial charge in [0.1, 0.15) is 18.0 Å². The minimum atomic E-state index is 0.386. The fourth-order valence-corrected chi connectivity index (χ4v) is 2.18. The highest BCUT2D eigenvalue weighted by molar-refractivity contribution is 5.46. The van der Waals surface area contributed by atoms with Crippen LogP contribution in [0.1, 0.15) is 26.7 Å². The first-order chi connectivity index (χ1) is 8.74. The molecule has 2 rings (SSSR count). The maximum absolute atomic E-state index is 4.23. The van der Waals surface area contributed by atoms with Gasteiger partial charge >= 0.3 is 0 Å². The number of nitrogens with one attached hydrogen (secondary N) is 2. The van der Waals surface area contributed by atoms with Crippen LogP contribution in [-0.2, 0) is 0 Å². The largest absolute Gasteiger partial charge is 0.369 e. The molecule has 5 nitrogen and oxygen atoms in total. The first-order valence-corrected chi connectivity index (χ1v) is 6.79. The van der Waals surface area contributed by atoms with Crippen molar-refractivity contribution in [1.82, 2.24) is 14.9 Å². The summed E-state index contributed by atoms with van der Waals surface area (Å²) < 4.78 is 0. The second kappa shape index (κ2) is 6.54. The van der Waals surface area contributed by atoms with Gasteiger partial charge in [0.25, 0.3) is 0 Å². The maximum Gasteiger partial charge on any atom is 0.131 e. The van der Waals surface area contributed by atoms with Gasteiger partial charge in [0.05, 0.1) is 0 Å². The molecule has 0 spiro atoms. The molecule has 1 fully saturated rings. The first kappa shape index (κ1) is 13.1. The van der Waals surface area contributed by atoms with Crippen LogP contribution in [0.2, 0.25) is 0 Å². The van der Waals surface area contributed by atoms with E-state index in [1.54, 1.807) is 6.33 Å². The SMILES string of the molecule is CC(C)Nc1cc(NCCN2CCCC2)ncn1. The van der Waals surface area contributed by atoms with E-state index in [0.717, 1.165) is 24.7 Å². The smallest absolute Gasteiger partial charge is 0.131 e. The zero-order chi connectivity index (χ0) is 12.8. The van der Waals surface area contributed by atoms with Gasteiger partial charge in [-0.3, -0.25) is 0 Å². The van der Waals surface area contributed by atoms with Crippen LogP contribution in [0.5, 0.6) is 0 Å². The monoisotopic (exact) mass is 249 g/mol. The fourth-order valence-electron chi connectivity index (χ4n) is 2.18. The van der Waals surface area contributed by atoms with E-state index in [2.05, 4.69) is 39.3 Å². The lowest BCUT2D eigenvalue weighted by atomic mass is 10.4. The van der Waals surface area contributed by atoms with Gasteiger partial charge in [0.2, 0.25) is 0 Å². The highest BCUT2D eigenvalue weighted by Crippen LogP contribution is 2.10. The van der Waals surface area contributed by atoms with Gasteiger partial charge in [-0.05, 0) is 39.8 Å². The average molecular weight is 249 g/mol. The Labute approximate surface area is 109 Å². The van der Waals surface area contributed by atoms with Crippen molar-refractivity contribution in [3.63, 3.8) is 0 Å². The average Bonchev–Trinajstić information content (AvgIpc) is 2.82. The van der Waals surface area contributed by atoms with Crippen molar-refractivity contribution in [2.75, 3.05) is 36.8 Å². The molecule has 5 heteroatoms. The second-order valence-electron chi connectivity index (χ2n) is 5.06. The second-order valence-corrected chi connectivity index (χ2v) is 5.06. The molecule has 1 aromatic heterocycles. The fraction of sp³-hybridized carbons (Fsp3) is 0.692. The Balaban J connectivity index is 1.77. The van der Waals surface area contributed by atoms with Crippen molar-refractivity contribution in [3.05, 3.63) is 12.4 Å². The summed E-state index contributed by atoms with van der Waals surface area (Å²) in [5.74, 6) is 1.77. The Kier molecular flexibility index (Phi) is 4.75. The highest BCUT2D eigenvalue weighted by atomic mass is 15.2. The molecule has 18 heavy (non-hydrogen) atoms. The third kappa shape index (κ3) is 4.14. The van der Waals surface area contributed by atoms with Crippen molar-refractivity contribution in [3.8, 4) is 0 Å². The molecule has 1 aliphatic heterocycles. The lowest BCUT2D eigenvalue weighted by molar-refractivity contribution is 0.352.